The van der Waals surface area contributed by atoms with Crippen LogP contribution >= 0.6 is 0 Å². The summed E-state index contributed by atoms with van der Waals surface area (Å²) in [5, 5.41) is 0. The number of nitrogens with zero attached hydrogens (tertiary/aromatic N) is 1. The second kappa shape index (κ2) is 7.80. The third-order valence-corrected chi connectivity index (χ3v) is 5.99. The van der Waals surface area contributed by atoms with Crippen molar-refractivity contribution in [1.29, 1.82) is 0 Å². The first-order valence-corrected chi connectivity index (χ1v) is 9.82. The van der Waals surface area contributed by atoms with Gasteiger partial charge in [-0.15, -0.1) is 0 Å². The molecule has 0 aliphatic heterocycles. The van der Waals surface area contributed by atoms with E-state index >= 15 is 0 Å². The third-order valence-electron chi connectivity index (χ3n) is 4.22. The highest BCUT2D eigenvalue weighted by Crippen LogP contribution is 2.29. The largest absolute Gasteiger partial charge is 0.497 e. The molecule has 0 saturated carbocycles. The van der Waals surface area contributed by atoms with Crippen molar-refractivity contribution in [3.63, 3.8) is 0 Å². The zero-order valence-electron chi connectivity index (χ0n) is 15.1. The number of hydrogen-bond donors (Lipinski definition) is 0. The van der Waals surface area contributed by atoms with Crippen LogP contribution in [0.4, 0.5) is 10.1 Å². The van der Waals surface area contributed by atoms with Crippen molar-refractivity contribution >= 4 is 15.7 Å². The van der Waals surface area contributed by atoms with Crippen LogP contribution in [0.3, 0.4) is 0 Å². The fraction of sp³-hybridized carbons (Fsp3) is 0.143. The lowest BCUT2D eigenvalue weighted by Gasteiger charge is -2.25. The molecule has 0 spiro atoms. The summed E-state index contributed by atoms with van der Waals surface area (Å²) >= 11 is 0. The van der Waals surface area contributed by atoms with E-state index in [1.54, 1.807) is 18.2 Å². The average molecular weight is 385 g/mol. The number of benzene rings is 3. The van der Waals surface area contributed by atoms with Crippen LogP contribution in [0.1, 0.15) is 11.1 Å². The quantitative estimate of drug-likeness (QED) is 0.626. The number of hydrogen-bond acceptors (Lipinski definition) is 3. The van der Waals surface area contributed by atoms with Crippen LogP contribution < -0.4 is 9.04 Å². The van der Waals surface area contributed by atoms with E-state index in [2.05, 4.69) is 0 Å². The molecule has 3 aromatic carbocycles. The van der Waals surface area contributed by atoms with Crippen molar-refractivity contribution in [1.82, 2.24) is 0 Å². The second-order valence-electron chi connectivity index (χ2n) is 6.12. The van der Waals surface area contributed by atoms with E-state index in [4.69, 9.17) is 4.74 Å². The summed E-state index contributed by atoms with van der Waals surface area (Å²) in [6, 6.07) is 19.4. The Kier molecular flexibility index (Phi) is 5.46. The van der Waals surface area contributed by atoms with E-state index in [9.17, 15) is 12.8 Å². The standard InChI is InChI=1S/C21H20FNO3S/c1-16-7-9-17(10-8-16)15-23(21-6-4-3-5-20(21)22)27(24,25)19-13-11-18(26-2)12-14-19/h3-14H,15H2,1-2H3. The highest BCUT2D eigenvalue weighted by atomic mass is 32.2. The van der Waals surface area contributed by atoms with Gasteiger partial charge in [0, 0.05) is 0 Å². The summed E-state index contributed by atoms with van der Waals surface area (Å²) in [5.74, 6) is -0.0494. The van der Waals surface area contributed by atoms with Gasteiger partial charge in [-0.05, 0) is 48.9 Å². The van der Waals surface area contributed by atoms with Gasteiger partial charge in [0.25, 0.3) is 10.0 Å². The Morgan fingerprint density at radius 2 is 1.56 bits per heavy atom. The van der Waals surface area contributed by atoms with Gasteiger partial charge in [0.15, 0.2) is 0 Å². The Balaban J connectivity index is 2.07. The predicted molar refractivity (Wildman–Crippen MR) is 104 cm³/mol. The number of para-hydroxylation sites is 1. The van der Waals surface area contributed by atoms with E-state index in [1.165, 1.54) is 37.4 Å². The number of halogens is 1. The van der Waals surface area contributed by atoms with Gasteiger partial charge in [-0.1, -0.05) is 42.0 Å². The van der Waals surface area contributed by atoms with Crippen LogP contribution in [0.2, 0.25) is 0 Å². The topological polar surface area (TPSA) is 46.6 Å². The molecule has 0 radical (unpaired) electrons. The van der Waals surface area contributed by atoms with Gasteiger partial charge in [0.1, 0.15) is 11.6 Å². The maximum atomic E-state index is 14.4. The predicted octanol–water partition coefficient (Wildman–Crippen LogP) is 4.54. The Hall–Kier alpha value is -2.86. The van der Waals surface area contributed by atoms with Crippen LogP contribution in [0.5, 0.6) is 5.75 Å². The average Bonchev–Trinajstić information content (AvgIpc) is 2.68. The van der Waals surface area contributed by atoms with E-state index < -0.39 is 15.8 Å². The molecule has 140 valence electrons. The first-order chi connectivity index (χ1) is 12.9. The van der Waals surface area contributed by atoms with Crippen molar-refractivity contribution in [3.8, 4) is 5.75 Å². The van der Waals surface area contributed by atoms with Crippen LogP contribution in [0, 0.1) is 12.7 Å². The fourth-order valence-electron chi connectivity index (χ4n) is 2.69. The number of rotatable bonds is 6. The smallest absolute Gasteiger partial charge is 0.264 e. The van der Waals surface area contributed by atoms with Crippen LogP contribution in [0.15, 0.2) is 77.7 Å². The number of ether oxygens (including phenoxy) is 1. The van der Waals surface area contributed by atoms with Gasteiger partial charge in [-0.25, -0.2) is 12.8 Å². The molecule has 0 atom stereocenters. The molecule has 6 heteroatoms. The molecule has 3 rings (SSSR count). The van der Waals surface area contributed by atoms with Gasteiger partial charge in [-0.3, -0.25) is 4.31 Å². The second-order valence-corrected chi connectivity index (χ2v) is 7.99. The molecule has 0 aromatic heterocycles. The zero-order chi connectivity index (χ0) is 19.4. The van der Waals surface area contributed by atoms with E-state index in [0.29, 0.717) is 5.75 Å². The summed E-state index contributed by atoms with van der Waals surface area (Å²) in [7, 11) is -2.47. The molecule has 4 nitrogen and oxygen atoms in total. The summed E-state index contributed by atoms with van der Waals surface area (Å²) in [4.78, 5) is 0.0682. The first kappa shape index (κ1) is 18.9. The van der Waals surface area contributed by atoms with Crippen molar-refractivity contribution < 1.29 is 17.5 Å². The first-order valence-electron chi connectivity index (χ1n) is 8.38. The van der Waals surface area contributed by atoms with E-state index in [1.807, 2.05) is 31.2 Å². The molecule has 0 fully saturated rings. The Labute approximate surface area is 158 Å². The molecule has 0 amide bonds. The molecule has 0 heterocycles. The molecule has 0 aliphatic carbocycles. The van der Waals surface area contributed by atoms with Gasteiger partial charge in [0.2, 0.25) is 0 Å². The lowest BCUT2D eigenvalue weighted by molar-refractivity contribution is 0.414. The molecular formula is C21H20FNO3S. The van der Waals surface area contributed by atoms with Gasteiger partial charge < -0.3 is 4.74 Å². The fourth-order valence-corrected chi connectivity index (χ4v) is 4.15. The van der Waals surface area contributed by atoms with Crippen molar-refractivity contribution in [2.24, 2.45) is 0 Å². The van der Waals surface area contributed by atoms with E-state index in [-0.39, 0.29) is 17.1 Å². The molecule has 3 aromatic rings. The summed E-state index contributed by atoms with van der Waals surface area (Å²) < 4.78 is 47.2. The summed E-state index contributed by atoms with van der Waals surface area (Å²) in [6.45, 7) is 1.97. The Bertz CT molecular complexity index is 1020. The summed E-state index contributed by atoms with van der Waals surface area (Å²) in [5.41, 5.74) is 1.84. The highest BCUT2D eigenvalue weighted by molar-refractivity contribution is 7.92. The van der Waals surface area contributed by atoms with Gasteiger partial charge in [0.05, 0.1) is 24.2 Å². The molecule has 27 heavy (non-hydrogen) atoms. The lowest BCUT2D eigenvalue weighted by Crippen LogP contribution is -2.31. The minimum absolute atomic E-state index is 0.00823. The SMILES string of the molecule is COc1ccc(S(=O)(=O)N(Cc2ccc(C)cc2)c2ccccc2F)cc1. The number of aryl methyl sites for hydroxylation is 1. The summed E-state index contributed by atoms with van der Waals surface area (Å²) in [6.07, 6.45) is 0. The lowest BCUT2D eigenvalue weighted by atomic mass is 10.1. The Morgan fingerprint density at radius 3 is 2.15 bits per heavy atom. The normalized spacial score (nSPS) is 11.2. The van der Waals surface area contributed by atoms with Crippen molar-refractivity contribution in [2.75, 3.05) is 11.4 Å². The van der Waals surface area contributed by atoms with Gasteiger partial charge in [-0.2, -0.15) is 0 Å². The minimum Gasteiger partial charge on any atom is -0.497 e. The van der Waals surface area contributed by atoms with Crippen LogP contribution in [0.25, 0.3) is 0 Å². The number of sulfonamides is 1. The molecule has 0 N–H and O–H groups in total. The van der Waals surface area contributed by atoms with Gasteiger partial charge >= 0.3 is 0 Å². The highest BCUT2D eigenvalue weighted by Gasteiger charge is 2.27. The number of methoxy groups -OCH3 is 1. The Morgan fingerprint density at radius 1 is 0.926 bits per heavy atom. The van der Waals surface area contributed by atoms with Crippen LogP contribution in [-0.4, -0.2) is 15.5 Å². The molecule has 0 saturated heterocycles. The monoisotopic (exact) mass is 385 g/mol. The van der Waals surface area contributed by atoms with Crippen molar-refractivity contribution in [2.45, 2.75) is 18.4 Å². The van der Waals surface area contributed by atoms with E-state index in [0.717, 1.165) is 15.4 Å². The minimum atomic E-state index is -3.97. The maximum Gasteiger partial charge on any atom is 0.264 e. The molecule has 0 aliphatic rings. The molecule has 0 unspecified atom stereocenters. The number of anilines is 1. The third kappa shape index (κ3) is 4.11. The van der Waals surface area contributed by atoms with Crippen molar-refractivity contribution in [3.05, 3.63) is 89.7 Å². The molecule has 0 bridgehead atoms. The zero-order valence-corrected chi connectivity index (χ0v) is 15.9. The molecular weight excluding hydrogens is 365 g/mol. The van der Waals surface area contributed by atoms with Crippen LogP contribution in [-0.2, 0) is 16.6 Å². The maximum absolute atomic E-state index is 14.4.